The number of para-hydroxylation sites is 2. The minimum atomic E-state index is 0.549. The third-order valence-corrected chi connectivity index (χ3v) is 18.9. The van der Waals surface area contributed by atoms with Crippen LogP contribution in [0.15, 0.2) is 264 Å². The second kappa shape index (κ2) is 18.0. The minimum Gasteiger partial charge on any atom is -0.456 e. The number of benzene rings is 12. The number of aromatic nitrogens is 4. The predicted octanol–water partition coefficient (Wildman–Crippen LogP) is 21.5. The van der Waals surface area contributed by atoms with E-state index in [0.717, 1.165) is 82.9 Å². The van der Waals surface area contributed by atoms with Crippen molar-refractivity contribution < 1.29 is 8.83 Å². The molecule has 0 radical (unpaired) electrons. The molecule has 0 saturated heterocycles. The third-order valence-electron chi connectivity index (χ3n) is 16.7. The van der Waals surface area contributed by atoms with Gasteiger partial charge in [-0.2, -0.15) is 0 Å². The number of hydrogen-bond donors (Lipinski definition) is 0. The van der Waals surface area contributed by atoms with E-state index in [9.17, 15) is 0 Å². The number of furan rings is 2. The van der Waals surface area contributed by atoms with Crippen molar-refractivity contribution in [3.63, 3.8) is 0 Å². The monoisotopic (exact) mass is 1090 g/mol. The van der Waals surface area contributed by atoms with Gasteiger partial charge in [-0.15, -0.1) is 22.7 Å². The summed E-state index contributed by atoms with van der Waals surface area (Å²) in [5.41, 5.74) is 16.2. The molecule has 0 aliphatic rings. The second-order valence-electron chi connectivity index (χ2n) is 21.4. The summed E-state index contributed by atoms with van der Waals surface area (Å²) in [7, 11) is 0. The van der Waals surface area contributed by atoms with Crippen LogP contribution in [0, 0.1) is 0 Å². The molecule has 6 aromatic heterocycles. The maximum atomic E-state index is 6.76. The summed E-state index contributed by atoms with van der Waals surface area (Å²) in [6.07, 6.45) is 0. The molecular weight excluding hydrogens is 1050 g/mol. The van der Waals surface area contributed by atoms with Gasteiger partial charge in [-0.3, -0.25) is 0 Å². The van der Waals surface area contributed by atoms with E-state index in [0.29, 0.717) is 17.5 Å². The third kappa shape index (κ3) is 7.23. The molecule has 6 heterocycles. The first-order chi connectivity index (χ1) is 41.1. The molecule has 386 valence electrons. The van der Waals surface area contributed by atoms with Crippen LogP contribution in [-0.4, -0.2) is 19.5 Å². The average molecular weight is 1100 g/mol. The van der Waals surface area contributed by atoms with Gasteiger partial charge in [-0.05, 0) is 137 Å². The van der Waals surface area contributed by atoms with Gasteiger partial charge in [-0.25, -0.2) is 15.0 Å². The van der Waals surface area contributed by atoms with Crippen molar-refractivity contribution in [1.82, 2.24) is 19.5 Å². The van der Waals surface area contributed by atoms with Crippen molar-refractivity contribution in [2.45, 2.75) is 0 Å². The zero-order valence-corrected chi connectivity index (χ0v) is 45.8. The number of thiophene rings is 2. The SMILES string of the molecule is c1ccc(-c2nc(-c3ccc4c(c3)oc3cc(-c5cccc6sc7ccccc7c56)ccc34)nc(-c3cccc4oc5ccc(-c6ccc7sc8cccc(-c9ccc%10c(c9)c9ccccc9n%10-c9ccccc9)c8c7c6)cc5c34)n2)cc1. The molecule has 6 nitrogen and oxygen atoms in total. The standard InChI is InChI=1S/C75H42N4O2S2/c1-3-14-43(15-4-1)73-76-74(48-29-34-54-53-33-28-47(41-64(53)81-65(54)42-48)51-21-13-26-68-71(51)55-19-8-10-25-66(55)82-68)78-75(77-73)56-22-11-24-63-70(56)58-38-44(31-36-62(58)80-63)45-32-37-67-59(39-45)72-50(20-12-27-69(72)83-67)46-30-35-61-57(40-46)52-18-7-9-23-60(52)79(61)49-16-5-2-6-17-49/h1-42H. The Bertz CT molecular complexity index is 5710. The minimum absolute atomic E-state index is 0.549. The Labute approximate surface area is 482 Å². The quantitative estimate of drug-likeness (QED) is 0.159. The van der Waals surface area contributed by atoms with Gasteiger partial charge in [-0.1, -0.05) is 152 Å². The number of fused-ring (bicyclic) bond motifs is 15. The van der Waals surface area contributed by atoms with Crippen molar-refractivity contribution in [2.75, 3.05) is 0 Å². The van der Waals surface area contributed by atoms with Gasteiger partial charge in [0.1, 0.15) is 22.3 Å². The van der Waals surface area contributed by atoms with Crippen LogP contribution in [0.25, 0.3) is 179 Å². The Morgan fingerprint density at radius 2 is 0.795 bits per heavy atom. The first-order valence-electron chi connectivity index (χ1n) is 27.8. The van der Waals surface area contributed by atoms with Crippen molar-refractivity contribution in [2.24, 2.45) is 0 Å². The molecular formula is C75H42N4O2S2. The number of hydrogen-bond acceptors (Lipinski definition) is 7. The van der Waals surface area contributed by atoms with Crippen LogP contribution >= 0.6 is 22.7 Å². The van der Waals surface area contributed by atoms with Crippen LogP contribution in [-0.2, 0) is 0 Å². The molecule has 12 aromatic carbocycles. The van der Waals surface area contributed by atoms with Crippen molar-refractivity contribution in [3.8, 4) is 73.2 Å². The van der Waals surface area contributed by atoms with Crippen molar-refractivity contribution in [1.29, 1.82) is 0 Å². The molecule has 0 fully saturated rings. The highest BCUT2D eigenvalue weighted by Crippen LogP contribution is 2.46. The summed E-state index contributed by atoms with van der Waals surface area (Å²) < 4.78 is 20.9. The predicted molar refractivity (Wildman–Crippen MR) is 347 cm³/mol. The molecule has 18 rings (SSSR count). The fourth-order valence-electron chi connectivity index (χ4n) is 12.9. The van der Waals surface area contributed by atoms with Gasteiger partial charge in [0.2, 0.25) is 0 Å². The molecule has 83 heavy (non-hydrogen) atoms. The fraction of sp³-hybridized carbons (Fsp3) is 0. The Hall–Kier alpha value is -10.5. The smallest absolute Gasteiger partial charge is 0.164 e. The van der Waals surface area contributed by atoms with Gasteiger partial charge in [0.15, 0.2) is 17.5 Å². The van der Waals surface area contributed by atoms with Crippen LogP contribution in [0.2, 0.25) is 0 Å². The van der Waals surface area contributed by atoms with Crippen LogP contribution < -0.4 is 0 Å². The highest BCUT2D eigenvalue weighted by atomic mass is 32.1. The highest BCUT2D eigenvalue weighted by molar-refractivity contribution is 7.26. The molecule has 0 aliphatic carbocycles. The lowest BCUT2D eigenvalue weighted by molar-refractivity contribution is 0.668. The van der Waals surface area contributed by atoms with Crippen LogP contribution in [0.1, 0.15) is 0 Å². The highest BCUT2D eigenvalue weighted by Gasteiger charge is 2.22. The van der Waals surface area contributed by atoms with Gasteiger partial charge in [0, 0.05) is 95.0 Å². The average Bonchev–Trinajstić information content (AvgIpc) is 4.54. The Morgan fingerprint density at radius 1 is 0.265 bits per heavy atom. The van der Waals surface area contributed by atoms with Crippen molar-refractivity contribution in [3.05, 3.63) is 255 Å². The summed E-state index contributed by atoms with van der Waals surface area (Å²) in [6, 6.07) is 90.9. The van der Waals surface area contributed by atoms with E-state index in [1.165, 1.54) is 78.8 Å². The normalized spacial score (nSPS) is 12.1. The number of rotatable bonds is 7. The van der Waals surface area contributed by atoms with Gasteiger partial charge in [0.25, 0.3) is 0 Å². The Morgan fingerprint density at radius 3 is 1.59 bits per heavy atom. The lowest BCUT2D eigenvalue weighted by Crippen LogP contribution is -2.00. The molecule has 0 amide bonds. The maximum Gasteiger partial charge on any atom is 0.164 e. The molecule has 0 atom stereocenters. The fourth-order valence-corrected chi connectivity index (χ4v) is 15.1. The summed E-state index contributed by atoms with van der Waals surface area (Å²) in [5.74, 6) is 1.68. The van der Waals surface area contributed by atoms with Gasteiger partial charge in [0.05, 0.1) is 11.0 Å². The summed E-state index contributed by atoms with van der Waals surface area (Å²) in [6.45, 7) is 0. The molecule has 0 N–H and O–H groups in total. The zero-order chi connectivity index (χ0) is 54.3. The van der Waals surface area contributed by atoms with Gasteiger partial charge < -0.3 is 13.4 Å². The van der Waals surface area contributed by atoms with E-state index in [2.05, 4.69) is 217 Å². The topological polar surface area (TPSA) is 69.9 Å². The van der Waals surface area contributed by atoms with Crippen molar-refractivity contribution >= 4 is 129 Å². The van der Waals surface area contributed by atoms with E-state index >= 15 is 0 Å². The van der Waals surface area contributed by atoms with Crippen LogP contribution in [0.4, 0.5) is 0 Å². The molecule has 8 heteroatoms. The maximum absolute atomic E-state index is 6.76. The van der Waals surface area contributed by atoms with Gasteiger partial charge >= 0.3 is 0 Å². The lowest BCUT2D eigenvalue weighted by Gasteiger charge is -2.10. The molecule has 0 spiro atoms. The van der Waals surface area contributed by atoms with E-state index in [-0.39, 0.29) is 0 Å². The number of nitrogens with zero attached hydrogens (tertiary/aromatic N) is 4. The molecule has 0 aliphatic heterocycles. The molecule has 0 unspecified atom stereocenters. The van der Waals surface area contributed by atoms with Crippen LogP contribution in [0.3, 0.4) is 0 Å². The summed E-state index contributed by atoms with van der Waals surface area (Å²) >= 11 is 3.68. The summed E-state index contributed by atoms with van der Waals surface area (Å²) in [5, 5.41) is 11.6. The van der Waals surface area contributed by atoms with E-state index in [4.69, 9.17) is 23.8 Å². The first kappa shape index (κ1) is 46.3. The van der Waals surface area contributed by atoms with E-state index in [1.54, 1.807) is 0 Å². The van der Waals surface area contributed by atoms with Crippen LogP contribution in [0.5, 0.6) is 0 Å². The molecule has 0 bridgehead atoms. The molecule has 0 saturated carbocycles. The lowest BCUT2D eigenvalue weighted by atomic mass is 9.96. The summed E-state index contributed by atoms with van der Waals surface area (Å²) in [4.78, 5) is 15.7. The van der Waals surface area contributed by atoms with E-state index in [1.807, 2.05) is 65.1 Å². The zero-order valence-electron chi connectivity index (χ0n) is 44.2. The molecule has 18 aromatic rings. The second-order valence-corrected chi connectivity index (χ2v) is 23.5. The Kier molecular flexibility index (Phi) is 10.0. The largest absolute Gasteiger partial charge is 0.456 e. The van der Waals surface area contributed by atoms with E-state index < -0.39 is 0 Å². The Balaban J connectivity index is 0.746. The first-order valence-corrected chi connectivity index (χ1v) is 29.4.